The first-order chi connectivity index (χ1) is 41.2. The molecule has 0 aliphatic rings. The van der Waals surface area contributed by atoms with Crippen LogP contribution in [0.25, 0.3) is 0 Å². The highest BCUT2D eigenvalue weighted by Crippen LogP contribution is 2.45. The molecule has 0 aliphatic carbocycles. The lowest BCUT2D eigenvalue weighted by atomic mass is 10.1. The van der Waals surface area contributed by atoms with Crippen LogP contribution >= 0.6 is 15.6 Å². The zero-order valence-electron chi connectivity index (χ0n) is 53.0. The minimum absolute atomic E-state index is 0.0913. The molecule has 0 aliphatic heterocycles. The number of unbranched alkanes of at least 4 members (excludes halogenated alkanes) is 25. The highest BCUT2D eigenvalue weighted by atomic mass is 31.2. The molecule has 5 atom stereocenters. The van der Waals surface area contributed by atoms with Crippen molar-refractivity contribution in [1.29, 1.82) is 0 Å². The zero-order valence-corrected chi connectivity index (χ0v) is 54.8. The highest BCUT2D eigenvalue weighted by molar-refractivity contribution is 7.47. The van der Waals surface area contributed by atoms with Crippen LogP contribution in [0.4, 0.5) is 0 Å². The number of phosphoric ester groups is 2. The van der Waals surface area contributed by atoms with Crippen molar-refractivity contribution < 1.29 is 75.8 Å². The minimum Gasteiger partial charge on any atom is -0.463 e. The van der Waals surface area contributed by atoms with Crippen LogP contribution in [-0.4, -0.2) is 95.9 Å². The Kier molecular flexibility index (Phi) is 58.6. The molecule has 18 heteroatoms. The van der Waals surface area contributed by atoms with Gasteiger partial charge in [0.15, 0.2) is 6.10 Å². The molecule has 85 heavy (non-hydrogen) atoms. The van der Waals surface area contributed by atoms with Gasteiger partial charge in [0.25, 0.3) is 0 Å². The lowest BCUT2D eigenvalue weighted by molar-refractivity contribution is -0.161. The maximum absolute atomic E-state index is 12.9. The third kappa shape index (κ3) is 62.1. The van der Waals surface area contributed by atoms with E-state index in [-0.39, 0.29) is 19.3 Å². The van der Waals surface area contributed by atoms with E-state index in [4.69, 9.17) is 32.3 Å². The molecule has 16 nitrogen and oxygen atoms in total. The van der Waals surface area contributed by atoms with E-state index in [9.17, 15) is 43.5 Å². The smallest absolute Gasteiger partial charge is 0.463 e. The normalized spacial score (nSPS) is 14.9. The van der Waals surface area contributed by atoms with Crippen molar-refractivity contribution in [3.63, 3.8) is 0 Å². The van der Waals surface area contributed by atoms with E-state index in [0.29, 0.717) is 19.3 Å². The lowest BCUT2D eigenvalue weighted by Crippen LogP contribution is -2.30. The second-order valence-electron chi connectivity index (χ2n) is 21.9. The van der Waals surface area contributed by atoms with E-state index in [1.807, 2.05) is 0 Å². The number of ether oxygens (including phenoxy) is 3. The first-order valence-corrected chi connectivity index (χ1v) is 35.9. The van der Waals surface area contributed by atoms with Gasteiger partial charge >= 0.3 is 33.6 Å². The van der Waals surface area contributed by atoms with Gasteiger partial charge in [0, 0.05) is 19.3 Å². The summed E-state index contributed by atoms with van der Waals surface area (Å²) in [6, 6.07) is 0. The summed E-state index contributed by atoms with van der Waals surface area (Å²) in [5.74, 6) is -1.62. The largest absolute Gasteiger partial charge is 0.472 e. The van der Waals surface area contributed by atoms with E-state index in [1.54, 1.807) is 0 Å². The molecule has 0 aromatic carbocycles. The maximum atomic E-state index is 12.9. The SMILES string of the molecule is CCCCC/C=C\C/C=C\C/C=C\C/C=C\CCCCCCCC(=O)OCC(O)COP(=O)(O)OCC(O)COP(=O)(O)OCC(COC(=O)CCCCCCC/C=C\C/C=C\CCCCC)OC(=O)CCCCCCC/C=C\CCCCCC. The van der Waals surface area contributed by atoms with Crippen molar-refractivity contribution in [2.45, 2.75) is 283 Å². The number of aliphatic hydroxyl groups excluding tert-OH is 2. The van der Waals surface area contributed by atoms with E-state index in [1.165, 1.54) is 70.6 Å². The lowest BCUT2D eigenvalue weighted by Gasteiger charge is -2.21. The standard InChI is InChI=1S/C67H118O16P2/c1-4-7-10-13-16-19-22-25-27-28-29-30-31-32-34-37-38-41-44-47-50-53-65(70)77-56-62(68)57-79-84(73,74)80-58-63(69)59-81-85(75,76)82-61-64(83-67(72)55-52-49-46-43-40-35-24-21-18-15-12-9-6-3)60-78-66(71)54-51-48-45-42-39-36-33-26-23-20-17-14-11-8-5-2/h16-17,19-21,24-27,29-30,32-34,62-64,68-69H,4-15,18,22-23,28,31,35-61H2,1-3H3,(H,73,74)(H,75,76)/b19-16-,20-17-,24-21-,27-25-,30-29-,33-26-,34-32-. The number of phosphoric acid groups is 2. The van der Waals surface area contributed by atoms with E-state index >= 15 is 0 Å². The first-order valence-electron chi connectivity index (χ1n) is 32.9. The number of rotatable bonds is 62. The van der Waals surface area contributed by atoms with Crippen LogP contribution in [0, 0.1) is 0 Å². The summed E-state index contributed by atoms with van der Waals surface area (Å²) >= 11 is 0. The Morgan fingerprint density at radius 2 is 0.588 bits per heavy atom. The molecule has 0 amide bonds. The van der Waals surface area contributed by atoms with Gasteiger partial charge in [-0.1, -0.05) is 209 Å². The summed E-state index contributed by atoms with van der Waals surface area (Å²) in [6.45, 7) is 2.54. The summed E-state index contributed by atoms with van der Waals surface area (Å²) in [7, 11) is -9.78. The Hall–Kier alpha value is -3.27. The van der Waals surface area contributed by atoms with Gasteiger partial charge in [0.05, 0.1) is 26.4 Å². The van der Waals surface area contributed by atoms with Gasteiger partial charge in [-0.25, -0.2) is 9.13 Å². The first kappa shape index (κ1) is 81.7. The molecule has 0 rings (SSSR count). The molecule has 5 unspecified atom stereocenters. The third-order valence-corrected chi connectivity index (χ3v) is 15.5. The summed E-state index contributed by atoms with van der Waals surface area (Å²) < 4.78 is 60.7. The Labute approximate surface area is 515 Å². The monoisotopic (exact) mass is 1240 g/mol. The Balaban J connectivity index is 4.64. The molecule has 0 aromatic heterocycles. The molecule has 0 saturated heterocycles. The van der Waals surface area contributed by atoms with Crippen molar-refractivity contribution in [3.8, 4) is 0 Å². The molecular weight excluding hydrogens is 1120 g/mol. The second kappa shape index (κ2) is 61.0. The Morgan fingerprint density at radius 3 is 0.965 bits per heavy atom. The molecule has 0 saturated carbocycles. The average molecular weight is 1240 g/mol. The zero-order chi connectivity index (χ0) is 62.4. The van der Waals surface area contributed by atoms with Gasteiger partial charge in [0.1, 0.15) is 25.4 Å². The van der Waals surface area contributed by atoms with Crippen molar-refractivity contribution in [3.05, 3.63) is 85.1 Å². The molecule has 492 valence electrons. The van der Waals surface area contributed by atoms with Crippen LogP contribution in [0.15, 0.2) is 85.1 Å². The van der Waals surface area contributed by atoms with Gasteiger partial charge in [-0.05, 0) is 122 Å². The van der Waals surface area contributed by atoms with Gasteiger partial charge in [0.2, 0.25) is 0 Å². The van der Waals surface area contributed by atoms with Crippen molar-refractivity contribution in [1.82, 2.24) is 0 Å². The number of esters is 3. The van der Waals surface area contributed by atoms with Gasteiger partial charge in [-0.15, -0.1) is 0 Å². The van der Waals surface area contributed by atoms with E-state index < -0.39 is 91.5 Å². The van der Waals surface area contributed by atoms with Crippen molar-refractivity contribution in [2.24, 2.45) is 0 Å². The summed E-state index contributed by atoms with van der Waals surface area (Å²) in [6.07, 6.45) is 63.5. The third-order valence-electron chi connectivity index (χ3n) is 13.6. The molecule has 0 radical (unpaired) electrons. The molecule has 0 heterocycles. The summed E-state index contributed by atoms with van der Waals surface area (Å²) in [5.41, 5.74) is 0. The van der Waals surface area contributed by atoms with Crippen LogP contribution in [0.5, 0.6) is 0 Å². The van der Waals surface area contributed by atoms with Crippen LogP contribution < -0.4 is 0 Å². The molecule has 4 N–H and O–H groups in total. The molecule has 0 fully saturated rings. The number of aliphatic hydroxyl groups is 2. The van der Waals surface area contributed by atoms with Gasteiger partial charge < -0.3 is 34.2 Å². The predicted molar refractivity (Wildman–Crippen MR) is 344 cm³/mol. The minimum atomic E-state index is -4.92. The number of allylic oxidation sites excluding steroid dienone is 14. The fraction of sp³-hybridized carbons (Fsp3) is 0.746. The fourth-order valence-electron chi connectivity index (χ4n) is 8.46. The maximum Gasteiger partial charge on any atom is 0.472 e. The quantitative estimate of drug-likeness (QED) is 0.0146. The highest BCUT2D eigenvalue weighted by Gasteiger charge is 2.29. The second-order valence-corrected chi connectivity index (χ2v) is 24.8. The molecule has 0 bridgehead atoms. The van der Waals surface area contributed by atoms with Crippen LogP contribution in [0.3, 0.4) is 0 Å². The van der Waals surface area contributed by atoms with E-state index in [2.05, 4.69) is 106 Å². The van der Waals surface area contributed by atoms with Gasteiger partial charge in [-0.2, -0.15) is 0 Å². The number of hydrogen-bond donors (Lipinski definition) is 4. The summed E-state index contributed by atoms with van der Waals surface area (Å²) in [5, 5.41) is 20.5. The molecule has 0 aromatic rings. The van der Waals surface area contributed by atoms with Crippen LogP contribution in [0.1, 0.15) is 265 Å². The van der Waals surface area contributed by atoms with E-state index in [0.717, 1.165) is 135 Å². The molecule has 0 spiro atoms. The van der Waals surface area contributed by atoms with Crippen LogP contribution in [-0.2, 0) is 55.8 Å². The number of carbonyl (C=O) groups is 3. The van der Waals surface area contributed by atoms with Gasteiger partial charge in [-0.3, -0.25) is 32.5 Å². The fourth-order valence-corrected chi connectivity index (χ4v) is 10.0. The van der Waals surface area contributed by atoms with Crippen molar-refractivity contribution in [2.75, 3.05) is 39.6 Å². The summed E-state index contributed by atoms with van der Waals surface area (Å²) in [4.78, 5) is 58.2. The number of carbonyl (C=O) groups excluding carboxylic acids is 3. The molecular formula is C67H118O16P2. The average Bonchev–Trinajstić information content (AvgIpc) is 3.51. The van der Waals surface area contributed by atoms with Crippen LogP contribution in [0.2, 0.25) is 0 Å². The van der Waals surface area contributed by atoms with Crippen molar-refractivity contribution >= 4 is 33.6 Å². The Morgan fingerprint density at radius 1 is 0.329 bits per heavy atom. The topological polar surface area (TPSA) is 231 Å². The Bertz CT molecular complexity index is 1900. The predicted octanol–water partition coefficient (Wildman–Crippen LogP) is 17.8. The number of hydrogen-bond acceptors (Lipinski definition) is 14.